The molecule has 3 aromatic carbocycles. The summed E-state index contributed by atoms with van der Waals surface area (Å²) in [6, 6.07) is 24.0. The first kappa shape index (κ1) is 19.6. The highest BCUT2D eigenvalue weighted by Gasteiger charge is 2.19. The zero-order chi connectivity index (χ0) is 21.1. The number of carbonyl (C=O) groups is 1. The molecular weight excluding hydrogens is 372 g/mol. The fourth-order valence-electron chi connectivity index (χ4n) is 3.45. The van der Waals surface area contributed by atoms with Gasteiger partial charge in [-0.15, -0.1) is 5.10 Å². The lowest BCUT2D eigenvalue weighted by molar-refractivity contribution is 0.0940. The number of aromatic nitrogens is 3. The highest BCUT2D eigenvalue weighted by molar-refractivity contribution is 5.91. The number of nitrogens with zero attached hydrogens (tertiary/aromatic N) is 3. The summed E-state index contributed by atoms with van der Waals surface area (Å²) >= 11 is 0. The molecule has 0 unspecified atom stereocenters. The van der Waals surface area contributed by atoms with Crippen LogP contribution in [0.15, 0.2) is 72.8 Å². The predicted octanol–water partition coefficient (Wildman–Crippen LogP) is 4.79. The second kappa shape index (κ2) is 8.33. The minimum absolute atomic E-state index is 0.155. The highest BCUT2D eigenvalue weighted by Crippen LogP contribution is 2.24. The van der Waals surface area contributed by atoms with Crippen molar-refractivity contribution in [3.8, 4) is 17.1 Å². The van der Waals surface area contributed by atoms with Crippen molar-refractivity contribution in [1.82, 2.24) is 20.1 Å². The molecule has 0 saturated carbocycles. The van der Waals surface area contributed by atoms with Crippen LogP contribution in [-0.4, -0.2) is 20.7 Å². The fourth-order valence-corrected chi connectivity index (χ4v) is 3.45. The van der Waals surface area contributed by atoms with Crippen LogP contribution in [-0.2, 0) is 6.54 Å². The third-order valence-corrected chi connectivity index (χ3v) is 4.96. The molecule has 4 aromatic rings. The number of nitrogens with one attached hydrogen (secondary N) is 1. The van der Waals surface area contributed by atoms with Crippen molar-refractivity contribution < 1.29 is 4.79 Å². The molecule has 150 valence electrons. The first-order chi connectivity index (χ1) is 14.5. The number of aryl methyl sites for hydroxylation is 3. The van der Waals surface area contributed by atoms with E-state index in [1.807, 2.05) is 74.5 Å². The second-order valence-corrected chi connectivity index (χ2v) is 7.50. The summed E-state index contributed by atoms with van der Waals surface area (Å²) in [4.78, 5) is 17.4. The summed E-state index contributed by atoms with van der Waals surface area (Å²) in [6.45, 7) is 6.56. The SMILES string of the molecule is Cc1cccc(-c2nc(C(=O)NCc3ccccc3)nn2-c2ccc(C)cc2C)c1. The minimum Gasteiger partial charge on any atom is -0.345 e. The standard InChI is InChI=1S/C25H24N4O/c1-17-8-7-11-21(15-17)24-27-23(25(30)26-16-20-9-5-4-6-10-20)28-29(24)22-13-12-18(2)14-19(22)3/h4-15H,16H2,1-3H3,(H,26,30). The van der Waals surface area contributed by atoms with E-state index in [-0.39, 0.29) is 11.7 Å². The molecule has 0 radical (unpaired) electrons. The molecule has 0 spiro atoms. The normalized spacial score (nSPS) is 10.8. The van der Waals surface area contributed by atoms with Crippen LogP contribution in [0.2, 0.25) is 0 Å². The molecule has 5 nitrogen and oxygen atoms in total. The first-order valence-electron chi connectivity index (χ1n) is 9.95. The third kappa shape index (κ3) is 4.15. The number of benzene rings is 3. The van der Waals surface area contributed by atoms with E-state index in [4.69, 9.17) is 0 Å². The van der Waals surface area contributed by atoms with Gasteiger partial charge in [0.25, 0.3) is 5.91 Å². The summed E-state index contributed by atoms with van der Waals surface area (Å²) in [6.07, 6.45) is 0. The molecular formula is C25H24N4O. The number of carbonyl (C=O) groups excluding carboxylic acids is 1. The van der Waals surface area contributed by atoms with E-state index < -0.39 is 0 Å². The van der Waals surface area contributed by atoms with Crippen molar-refractivity contribution >= 4 is 5.91 Å². The molecule has 1 aromatic heterocycles. The Balaban J connectivity index is 1.73. The highest BCUT2D eigenvalue weighted by atomic mass is 16.2. The van der Waals surface area contributed by atoms with E-state index >= 15 is 0 Å². The Morgan fingerprint density at radius 3 is 2.40 bits per heavy atom. The molecule has 0 saturated heterocycles. The maximum absolute atomic E-state index is 12.8. The molecule has 1 amide bonds. The lowest BCUT2D eigenvalue weighted by Gasteiger charge is -2.10. The topological polar surface area (TPSA) is 59.8 Å². The van der Waals surface area contributed by atoms with E-state index in [1.165, 1.54) is 5.56 Å². The Kier molecular flexibility index (Phi) is 5.44. The number of amides is 1. The average Bonchev–Trinajstić information content (AvgIpc) is 3.18. The fraction of sp³-hybridized carbons (Fsp3) is 0.160. The zero-order valence-electron chi connectivity index (χ0n) is 17.4. The van der Waals surface area contributed by atoms with Crippen molar-refractivity contribution in [1.29, 1.82) is 0 Å². The van der Waals surface area contributed by atoms with Crippen molar-refractivity contribution in [2.45, 2.75) is 27.3 Å². The van der Waals surface area contributed by atoms with Crippen LogP contribution in [0.5, 0.6) is 0 Å². The van der Waals surface area contributed by atoms with Gasteiger partial charge in [-0.2, -0.15) is 0 Å². The summed E-state index contributed by atoms with van der Waals surface area (Å²) < 4.78 is 1.76. The predicted molar refractivity (Wildman–Crippen MR) is 119 cm³/mol. The molecule has 4 rings (SSSR count). The van der Waals surface area contributed by atoms with Gasteiger partial charge in [0.1, 0.15) is 0 Å². The van der Waals surface area contributed by atoms with Gasteiger partial charge in [-0.25, -0.2) is 9.67 Å². The van der Waals surface area contributed by atoms with Crippen molar-refractivity contribution in [2.75, 3.05) is 0 Å². The monoisotopic (exact) mass is 396 g/mol. The molecule has 30 heavy (non-hydrogen) atoms. The van der Waals surface area contributed by atoms with Crippen LogP contribution < -0.4 is 5.32 Å². The van der Waals surface area contributed by atoms with Crippen LogP contribution in [0.3, 0.4) is 0 Å². The van der Waals surface area contributed by atoms with Gasteiger partial charge in [0.15, 0.2) is 5.82 Å². The first-order valence-corrected chi connectivity index (χ1v) is 9.95. The van der Waals surface area contributed by atoms with Crippen molar-refractivity contribution in [2.24, 2.45) is 0 Å². The maximum Gasteiger partial charge on any atom is 0.291 e. The molecule has 0 fully saturated rings. The molecule has 0 aliphatic rings. The van der Waals surface area contributed by atoms with Gasteiger partial charge < -0.3 is 5.32 Å². The molecule has 0 aliphatic heterocycles. The molecule has 0 bridgehead atoms. The van der Waals surface area contributed by atoms with Gasteiger partial charge >= 0.3 is 0 Å². The van der Waals surface area contributed by atoms with Crippen LogP contribution in [0.4, 0.5) is 0 Å². The lowest BCUT2D eigenvalue weighted by atomic mass is 10.1. The molecule has 1 heterocycles. The Morgan fingerprint density at radius 2 is 1.67 bits per heavy atom. The Morgan fingerprint density at radius 1 is 0.900 bits per heavy atom. The van der Waals surface area contributed by atoms with Gasteiger partial charge in [-0.1, -0.05) is 71.8 Å². The lowest BCUT2D eigenvalue weighted by Crippen LogP contribution is -2.24. The molecule has 5 heteroatoms. The Labute approximate surface area is 176 Å². The van der Waals surface area contributed by atoms with Crippen molar-refractivity contribution in [3.05, 3.63) is 101 Å². The van der Waals surface area contributed by atoms with E-state index in [2.05, 4.69) is 34.5 Å². The minimum atomic E-state index is -0.295. The van der Waals surface area contributed by atoms with Crippen LogP contribution >= 0.6 is 0 Å². The van der Waals surface area contributed by atoms with Gasteiger partial charge in [0, 0.05) is 12.1 Å². The average molecular weight is 396 g/mol. The van der Waals surface area contributed by atoms with Crippen LogP contribution in [0, 0.1) is 20.8 Å². The number of hydrogen-bond acceptors (Lipinski definition) is 3. The van der Waals surface area contributed by atoms with Crippen LogP contribution in [0.25, 0.3) is 17.1 Å². The number of hydrogen-bond donors (Lipinski definition) is 1. The maximum atomic E-state index is 12.8. The van der Waals surface area contributed by atoms with E-state index in [0.29, 0.717) is 12.4 Å². The van der Waals surface area contributed by atoms with E-state index in [0.717, 1.165) is 27.9 Å². The second-order valence-electron chi connectivity index (χ2n) is 7.50. The largest absolute Gasteiger partial charge is 0.345 e. The Hall–Kier alpha value is -3.73. The molecule has 0 atom stereocenters. The van der Waals surface area contributed by atoms with Gasteiger partial charge in [0.05, 0.1) is 5.69 Å². The quantitative estimate of drug-likeness (QED) is 0.528. The van der Waals surface area contributed by atoms with Crippen molar-refractivity contribution in [3.63, 3.8) is 0 Å². The molecule has 1 N–H and O–H groups in total. The third-order valence-electron chi connectivity index (χ3n) is 4.96. The summed E-state index contributed by atoms with van der Waals surface area (Å²) in [5.74, 6) is 0.509. The van der Waals surface area contributed by atoms with Gasteiger partial charge in [-0.05, 0) is 44.0 Å². The molecule has 0 aliphatic carbocycles. The van der Waals surface area contributed by atoms with Gasteiger partial charge in [-0.3, -0.25) is 4.79 Å². The van der Waals surface area contributed by atoms with Crippen LogP contribution in [0.1, 0.15) is 32.9 Å². The van der Waals surface area contributed by atoms with E-state index in [9.17, 15) is 4.79 Å². The summed E-state index contributed by atoms with van der Waals surface area (Å²) in [5.41, 5.74) is 6.23. The summed E-state index contributed by atoms with van der Waals surface area (Å²) in [7, 11) is 0. The van der Waals surface area contributed by atoms with Gasteiger partial charge in [0.2, 0.25) is 5.82 Å². The zero-order valence-corrected chi connectivity index (χ0v) is 17.4. The summed E-state index contributed by atoms with van der Waals surface area (Å²) in [5, 5.41) is 7.50. The Bertz CT molecular complexity index is 1200. The van der Waals surface area contributed by atoms with E-state index in [1.54, 1.807) is 4.68 Å². The number of rotatable bonds is 5. The smallest absolute Gasteiger partial charge is 0.291 e.